The van der Waals surface area contributed by atoms with Gasteiger partial charge in [-0.2, -0.15) is 12.6 Å². The first-order chi connectivity index (χ1) is 9.61. The lowest BCUT2D eigenvalue weighted by Crippen LogP contribution is -2.40. The van der Waals surface area contributed by atoms with Gasteiger partial charge in [0.2, 0.25) is 0 Å². The predicted molar refractivity (Wildman–Crippen MR) is 73.5 cm³/mol. The standard InChI is InChI=1S/C6H9NO6.C4H9NO2S/c8-4(9)2-1-3(5(10)11)7-6(12)13;5-3(1-2-8)4(6)7/h3,7H,1-2H2,(H,8,9)(H,10,11)(H,12,13);3,8H,1-2,5H2,(H,6,7)/t2*3-/m00/s1. The highest BCUT2D eigenvalue weighted by molar-refractivity contribution is 7.80. The van der Waals surface area contributed by atoms with Crippen molar-refractivity contribution in [3.63, 3.8) is 0 Å². The van der Waals surface area contributed by atoms with E-state index in [2.05, 4.69) is 12.6 Å². The van der Waals surface area contributed by atoms with Gasteiger partial charge in [0, 0.05) is 6.42 Å². The molecule has 10 nitrogen and oxygen atoms in total. The van der Waals surface area contributed by atoms with E-state index in [9.17, 15) is 19.2 Å². The van der Waals surface area contributed by atoms with E-state index in [1.165, 1.54) is 0 Å². The predicted octanol–water partition coefficient (Wildman–Crippen LogP) is -0.710. The van der Waals surface area contributed by atoms with Gasteiger partial charge < -0.3 is 31.5 Å². The summed E-state index contributed by atoms with van der Waals surface area (Å²) in [5.74, 6) is -2.99. The van der Waals surface area contributed by atoms with Gasteiger partial charge in [-0.25, -0.2) is 9.59 Å². The number of aliphatic carboxylic acids is 3. The lowest BCUT2D eigenvalue weighted by molar-refractivity contribution is -0.141. The summed E-state index contributed by atoms with van der Waals surface area (Å²) in [7, 11) is 0. The van der Waals surface area contributed by atoms with E-state index < -0.39 is 42.5 Å². The lowest BCUT2D eigenvalue weighted by atomic mass is 10.1. The number of carbonyl (C=O) groups is 4. The van der Waals surface area contributed by atoms with Crippen LogP contribution in [-0.2, 0) is 14.4 Å². The maximum absolute atomic E-state index is 10.3. The molecule has 0 aliphatic heterocycles. The topological polar surface area (TPSA) is 187 Å². The second kappa shape index (κ2) is 11.8. The smallest absolute Gasteiger partial charge is 0.405 e. The Balaban J connectivity index is 0. The molecule has 0 fully saturated rings. The Morgan fingerprint density at radius 3 is 1.76 bits per heavy atom. The van der Waals surface area contributed by atoms with E-state index in [-0.39, 0.29) is 6.42 Å². The summed E-state index contributed by atoms with van der Waals surface area (Å²) >= 11 is 3.81. The Morgan fingerprint density at radius 2 is 1.52 bits per heavy atom. The highest BCUT2D eigenvalue weighted by Gasteiger charge is 2.20. The Kier molecular flexibility index (Phi) is 12.0. The lowest BCUT2D eigenvalue weighted by Gasteiger charge is -2.09. The van der Waals surface area contributed by atoms with Crippen molar-refractivity contribution in [1.82, 2.24) is 5.32 Å². The number of rotatable bonds is 8. The van der Waals surface area contributed by atoms with E-state index >= 15 is 0 Å². The van der Waals surface area contributed by atoms with Crippen molar-refractivity contribution in [3.8, 4) is 0 Å². The molecular weight excluding hydrogens is 308 g/mol. The third-order valence-corrected chi connectivity index (χ3v) is 2.26. The van der Waals surface area contributed by atoms with Crippen molar-refractivity contribution < 1.29 is 39.6 Å². The van der Waals surface area contributed by atoms with Crippen LogP contribution in [0.5, 0.6) is 0 Å². The van der Waals surface area contributed by atoms with Crippen LogP contribution >= 0.6 is 12.6 Å². The molecular formula is C10H18N2O8S. The maximum Gasteiger partial charge on any atom is 0.405 e. The molecule has 1 amide bonds. The molecule has 0 saturated carbocycles. The van der Waals surface area contributed by atoms with Crippen molar-refractivity contribution >= 4 is 36.6 Å². The van der Waals surface area contributed by atoms with Crippen LogP contribution < -0.4 is 11.1 Å². The van der Waals surface area contributed by atoms with Gasteiger partial charge in [0.05, 0.1) is 0 Å². The van der Waals surface area contributed by atoms with Crippen molar-refractivity contribution in [2.24, 2.45) is 5.73 Å². The fraction of sp³-hybridized carbons (Fsp3) is 0.600. The Morgan fingerprint density at radius 1 is 1.00 bits per heavy atom. The third-order valence-electron chi connectivity index (χ3n) is 2.00. The van der Waals surface area contributed by atoms with E-state index in [1.54, 1.807) is 5.32 Å². The third kappa shape index (κ3) is 14.2. The van der Waals surface area contributed by atoms with E-state index in [4.69, 9.17) is 26.2 Å². The summed E-state index contributed by atoms with van der Waals surface area (Å²) in [6.07, 6.45) is -1.72. The summed E-state index contributed by atoms with van der Waals surface area (Å²) in [5.41, 5.74) is 5.08. The molecule has 0 aliphatic rings. The average molecular weight is 326 g/mol. The number of carboxylic acids is 3. The summed E-state index contributed by atoms with van der Waals surface area (Å²) in [6, 6.07) is -2.11. The zero-order chi connectivity index (χ0) is 17.0. The van der Waals surface area contributed by atoms with Crippen LogP contribution in [0.4, 0.5) is 4.79 Å². The molecule has 0 aromatic rings. The first kappa shape index (κ1) is 21.3. The maximum atomic E-state index is 10.3. The summed E-state index contributed by atoms with van der Waals surface area (Å²) in [5, 5.41) is 34.6. The summed E-state index contributed by atoms with van der Waals surface area (Å²) in [6.45, 7) is 0. The SMILES string of the molecule is N[C@@H](CCS)C(=O)O.O=C(O)CC[C@H](NC(=O)O)C(=O)O. The van der Waals surface area contributed by atoms with Crippen molar-refractivity contribution in [2.75, 3.05) is 5.75 Å². The Bertz CT molecular complexity index is 376. The first-order valence-corrected chi connectivity index (χ1v) is 6.28. The Hall–Kier alpha value is -2.01. The molecule has 0 heterocycles. The zero-order valence-electron chi connectivity index (χ0n) is 10.9. The van der Waals surface area contributed by atoms with Crippen LogP contribution in [0, 0.1) is 0 Å². The molecule has 0 unspecified atom stereocenters. The highest BCUT2D eigenvalue weighted by Crippen LogP contribution is 1.97. The second-order valence-corrected chi connectivity index (χ2v) is 4.18. The van der Waals surface area contributed by atoms with Gasteiger partial charge in [0.15, 0.2) is 0 Å². The number of hydrogen-bond donors (Lipinski definition) is 7. The molecule has 0 aromatic heterocycles. The molecule has 0 bridgehead atoms. The number of amides is 1. The monoisotopic (exact) mass is 326 g/mol. The Labute approximate surface area is 125 Å². The number of nitrogens with two attached hydrogens (primary N) is 1. The van der Waals surface area contributed by atoms with Gasteiger partial charge in [0.25, 0.3) is 0 Å². The normalized spacial score (nSPS) is 12.3. The number of hydrogen-bond acceptors (Lipinski definition) is 6. The van der Waals surface area contributed by atoms with Crippen LogP contribution in [0.15, 0.2) is 0 Å². The average Bonchev–Trinajstić information content (AvgIpc) is 2.34. The van der Waals surface area contributed by atoms with Crippen LogP contribution in [0.3, 0.4) is 0 Å². The zero-order valence-corrected chi connectivity index (χ0v) is 11.8. The number of nitrogens with one attached hydrogen (secondary N) is 1. The summed E-state index contributed by atoms with van der Waals surface area (Å²) < 4.78 is 0. The molecule has 0 radical (unpaired) electrons. The van der Waals surface area contributed by atoms with Crippen molar-refractivity contribution in [2.45, 2.75) is 31.3 Å². The molecule has 0 aromatic carbocycles. The van der Waals surface area contributed by atoms with Gasteiger partial charge in [-0.05, 0) is 18.6 Å². The van der Waals surface area contributed by atoms with E-state index in [0.717, 1.165) is 0 Å². The van der Waals surface area contributed by atoms with Gasteiger partial charge in [-0.1, -0.05) is 0 Å². The quantitative estimate of drug-likeness (QED) is 0.283. The molecule has 21 heavy (non-hydrogen) atoms. The van der Waals surface area contributed by atoms with Crippen LogP contribution in [0.25, 0.3) is 0 Å². The molecule has 11 heteroatoms. The van der Waals surface area contributed by atoms with E-state index in [1.807, 2.05) is 0 Å². The van der Waals surface area contributed by atoms with Crippen LogP contribution in [-0.4, -0.2) is 62.3 Å². The molecule has 122 valence electrons. The van der Waals surface area contributed by atoms with Gasteiger partial charge in [-0.3, -0.25) is 9.59 Å². The van der Waals surface area contributed by atoms with Gasteiger partial charge in [0.1, 0.15) is 12.1 Å². The van der Waals surface area contributed by atoms with Crippen molar-refractivity contribution in [3.05, 3.63) is 0 Å². The largest absolute Gasteiger partial charge is 0.481 e. The van der Waals surface area contributed by atoms with Crippen molar-refractivity contribution in [1.29, 1.82) is 0 Å². The minimum Gasteiger partial charge on any atom is -0.481 e. The van der Waals surface area contributed by atoms with E-state index in [0.29, 0.717) is 12.2 Å². The molecule has 7 N–H and O–H groups in total. The molecule has 0 spiro atoms. The number of carboxylic acid groups (broad SMARTS) is 4. The second-order valence-electron chi connectivity index (χ2n) is 3.73. The minimum atomic E-state index is -1.49. The molecule has 2 atom stereocenters. The van der Waals surface area contributed by atoms with Crippen LogP contribution in [0.2, 0.25) is 0 Å². The molecule has 0 saturated heterocycles. The number of thiol groups is 1. The summed E-state index contributed by atoms with van der Waals surface area (Å²) in [4.78, 5) is 40.3. The molecule has 0 rings (SSSR count). The fourth-order valence-corrected chi connectivity index (χ4v) is 1.21. The van der Waals surface area contributed by atoms with Crippen LogP contribution in [0.1, 0.15) is 19.3 Å². The van der Waals surface area contributed by atoms with Gasteiger partial charge in [-0.15, -0.1) is 0 Å². The highest BCUT2D eigenvalue weighted by atomic mass is 32.1. The fourth-order valence-electron chi connectivity index (χ4n) is 0.937. The minimum absolute atomic E-state index is 0.267. The van der Waals surface area contributed by atoms with Gasteiger partial charge >= 0.3 is 24.0 Å². The first-order valence-electron chi connectivity index (χ1n) is 5.65. The molecule has 0 aliphatic carbocycles.